The maximum atomic E-state index is 11.3. The average molecular weight is 463 g/mol. The number of nitrogens with zero attached hydrogens (tertiary/aromatic N) is 3. The number of aromatic amines is 1. The van der Waals surface area contributed by atoms with Crippen LogP contribution in [0.15, 0.2) is 34.9 Å². The number of aromatic nitrogens is 4. The summed E-state index contributed by atoms with van der Waals surface area (Å²) in [7, 11) is 0. The van der Waals surface area contributed by atoms with E-state index in [4.69, 9.17) is 11.6 Å². The summed E-state index contributed by atoms with van der Waals surface area (Å²) in [4.78, 5) is 20.0. The van der Waals surface area contributed by atoms with Crippen molar-refractivity contribution in [1.82, 2.24) is 20.2 Å². The van der Waals surface area contributed by atoms with E-state index < -0.39 is 0 Å². The van der Waals surface area contributed by atoms with E-state index >= 15 is 0 Å². The van der Waals surface area contributed by atoms with Gasteiger partial charge in [-0.05, 0) is 47.0 Å². The first-order valence-electron chi connectivity index (χ1n) is 8.67. The lowest BCUT2D eigenvalue weighted by Gasteiger charge is -2.11. The number of rotatable bonds is 6. The Hall–Kier alpha value is -2.65. The topological polar surface area (TPSA) is 108 Å². The highest BCUT2D eigenvalue weighted by atomic mass is 79.9. The lowest BCUT2D eigenvalue weighted by Crippen LogP contribution is -2.06. The van der Waals surface area contributed by atoms with E-state index in [-0.39, 0.29) is 5.91 Å². The highest BCUT2D eigenvalue weighted by molar-refractivity contribution is 9.10. The van der Waals surface area contributed by atoms with Gasteiger partial charge in [0, 0.05) is 36.5 Å². The van der Waals surface area contributed by atoms with Crippen molar-refractivity contribution >= 4 is 62.4 Å². The molecule has 144 valence electrons. The van der Waals surface area contributed by atoms with Crippen LogP contribution >= 0.6 is 27.5 Å². The van der Waals surface area contributed by atoms with Crippen molar-refractivity contribution in [2.45, 2.75) is 25.7 Å². The van der Waals surface area contributed by atoms with E-state index in [0.717, 1.165) is 5.69 Å². The van der Waals surface area contributed by atoms with Gasteiger partial charge < -0.3 is 16.0 Å². The van der Waals surface area contributed by atoms with Gasteiger partial charge in [0.15, 0.2) is 11.6 Å². The number of benzene rings is 1. The number of H-pyrrole nitrogens is 1. The van der Waals surface area contributed by atoms with Crippen molar-refractivity contribution in [3.8, 4) is 0 Å². The fourth-order valence-corrected chi connectivity index (χ4v) is 3.12. The number of amides is 1. The van der Waals surface area contributed by atoms with Gasteiger partial charge in [0.25, 0.3) is 0 Å². The summed E-state index contributed by atoms with van der Waals surface area (Å²) in [6.07, 6.45) is 4.04. The number of anilines is 5. The Balaban J connectivity index is 1.54. The van der Waals surface area contributed by atoms with Crippen LogP contribution in [-0.2, 0) is 4.79 Å². The zero-order valence-corrected chi connectivity index (χ0v) is 17.2. The molecule has 28 heavy (non-hydrogen) atoms. The van der Waals surface area contributed by atoms with Gasteiger partial charge in [0.2, 0.25) is 11.9 Å². The van der Waals surface area contributed by atoms with E-state index in [1.165, 1.54) is 19.8 Å². The molecule has 0 unspecified atom stereocenters. The zero-order chi connectivity index (χ0) is 19.7. The quantitative estimate of drug-likeness (QED) is 0.413. The van der Waals surface area contributed by atoms with Crippen molar-refractivity contribution < 1.29 is 4.79 Å². The molecule has 1 aromatic carbocycles. The second-order valence-electron chi connectivity index (χ2n) is 6.50. The molecule has 0 saturated heterocycles. The molecule has 2 heterocycles. The predicted octanol–water partition coefficient (Wildman–Crippen LogP) is 4.94. The summed E-state index contributed by atoms with van der Waals surface area (Å²) in [5, 5.41) is 16.8. The summed E-state index contributed by atoms with van der Waals surface area (Å²) in [5.74, 6) is 2.04. The second kappa shape index (κ2) is 7.76. The second-order valence-corrected chi connectivity index (χ2v) is 7.76. The van der Waals surface area contributed by atoms with Crippen molar-refractivity contribution in [3.63, 3.8) is 0 Å². The van der Waals surface area contributed by atoms with Crippen molar-refractivity contribution in [2.24, 2.45) is 0 Å². The zero-order valence-electron chi connectivity index (χ0n) is 14.9. The molecular weight excluding hydrogens is 446 g/mol. The van der Waals surface area contributed by atoms with E-state index in [0.29, 0.717) is 44.4 Å². The van der Waals surface area contributed by atoms with E-state index in [1.54, 1.807) is 24.4 Å². The Morgan fingerprint density at radius 1 is 1.29 bits per heavy atom. The standard InChI is InChI=1S/C18H17BrClN7O/c1-9(28)22-11-4-5-13(20)15(6-11)23-18-21-8-12(19)17(25-18)24-16-7-14(26-27-16)10-2-3-10/h4-8,10H,2-3H2,1H3,(H,22,28)(H3,21,23,24,25,26,27). The summed E-state index contributed by atoms with van der Waals surface area (Å²) in [6, 6.07) is 7.13. The molecule has 1 aliphatic rings. The molecule has 4 N–H and O–H groups in total. The molecule has 8 nitrogen and oxygen atoms in total. The Labute approximate surface area is 174 Å². The first kappa shape index (κ1) is 18.7. The highest BCUT2D eigenvalue weighted by Crippen LogP contribution is 2.40. The van der Waals surface area contributed by atoms with Gasteiger partial charge in [-0.15, -0.1) is 0 Å². The Morgan fingerprint density at radius 2 is 2.11 bits per heavy atom. The van der Waals surface area contributed by atoms with E-state index in [9.17, 15) is 4.79 Å². The fraction of sp³-hybridized carbons (Fsp3) is 0.222. The number of carbonyl (C=O) groups is 1. The van der Waals surface area contributed by atoms with Gasteiger partial charge in [-0.2, -0.15) is 10.1 Å². The van der Waals surface area contributed by atoms with E-state index in [1.807, 2.05) is 6.07 Å². The SMILES string of the molecule is CC(=O)Nc1ccc(Cl)c(Nc2ncc(Br)c(Nc3cc(C4CC4)[nH]n3)n2)c1. The van der Waals surface area contributed by atoms with Crippen LogP contribution in [0.2, 0.25) is 5.02 Å². The Bertz CT molecular complexity index is 1030. The number of hydrogen-bond acceptors (Lipinski definition) is 6. The van der Waals surface area contributed by atoms with Crippen LogP contribution in [0.1, 0.15) is 31.4 Å². The molecule has 0 aliphatic heterocycles. The molecule has 1 fully saturated rings. The molecule has 4 rings (SSSR count). The van der Waals surface area contributed by atoms with Crippen LogP contribution in [0.25, 0.3) is 0 Å². The lowest BCUT2D eigenvalue weighted by molar-refractivity contribution is -0.114. The van der Waals surface area contributed by atoms with Crippen LogP contribution in [0.4, 0.5) is 29.0 Å². The van der Waals surface area contributed by atoms with Crippen LogP contribution in [0.3, 0.4) is 0 Å². The third-order valence-electron chi connectivity index (χ3n) is 4.14. The van der Waals surface area contributed by atoms with Gasteiger partial charge in [0.05, 0.1) is 15.2 Å². The third-order valence-corrected chi connectivity index (χ3v) is 5.05. The van der Waals surface area contributed by atoms with Gasteiger partial charge in [-0.1, -0.05) is 11.6 Å². The molecule has 1 amide bonds. The summed E-state index contributed by atoms with van der Waals surface area (Å²) in [6.45, 7) is 1.45. The highest BCUT2D eigenvalue weighted by Gasteiger charge is 2.25. The summed E-state index contributed by atoms with van der Waals surface area (Å²) < 4.78 is 0.701. The van der Waals surface area contributed by atoms with Crippen molar-refractivity contribution in [3.05, 3.63) is 45.7 Å². The molecular formula is C18H17BrClN7O. The number of halogens is 2. The fourth-order valence-electron chi connectivity index (χ4n) is 2.66. The minimum absolute atomic E-state index is 0.163. The van der Waals surface area contributed by atoms with Crippen LogP contribution in [0, 0.1) is 0 Å². The molecule has 0 radical (unpaired) electrons. The van der Waals surface area contributed by atoms with Gasteiger partial charge in [0.1, 0.15) is 0 Å². The molecule has 10 heteroatoms. The first-order chi connectivity index (χ1) is 13.5. The number of nitrogens with one attached hydrogen (secondary N) is 4. The molecule has 3 aromatic rings. The maximum absolute atomic E-state index is 11.3. The number of carbonyl (C=O) groups excluding carboxylic acids is 1. The molecule has 0 bridgehead atoms. The maximum Gasteiger partial charge on any atom is 0.229 e. The van der Waals surface area contributed by atoms with Gasteiger partial charge in [-0.25, -0.2) is 4.98 Å². The molecule has 1 saturated carbocycles. The first-order valence-corrected chi connectivity index (χ1v) is 9.84. The third kappa shape index (κ3) is 4.42. The van der Waals surface area contributed by atoms with Crippen LogP contribution in [0.5, 0.6) is 0 Å². The molecule has 1 aliphatic carbocycles. The minimum Gasteiger partial charge on any atom is -0.326 e. The molecule has 2 aromatic heterocycles. The summed E-state index contributed by atoms with van der Waals surface area (Å²) in [5.41, 5.74) is 2.34. The van der Waals surface area contributed by atoms with Crippen LogP contribution in [-0.4, -0.2) is 26.1 Å². The molecule has 0 spiro atoms. The Kier molecular flexibility index (Phi) is 5.19. The van der Waals surface area contributed by atoms with Crippen LogP contribution < -0.4 is 16.0 Å². The van der Waals surface area contributed by atoms with Crippen molar-refractivity contribution in [2.75, 3.05) is 16.0 Å². The monoisotopic (exact) mass is 461 g/mol. The summed E-state index contributed by atoms with van der Waals surface area (Å²) >= 11 is 9.70. The van der Waals surface area contributed by atoms with Crippen molar-refractivity contribution in [1.29, 1.82) is 0 Å². The van der Waals surface area contributed by atoms with Gasteiger partial charge in [-0.3, -0.25) is 9.89 Å². The number of hydrogen-bond donors (Lipinski definition) is 4. The molecule has 0 atom stereocenters. The average Bonchev–Trinajstić information content (AvgIpc) is 3.40. The smallest absolute Gasteiger partial charge is 0.229 e. The van der Waals surface area contributed by atoms with Gasteiger partial charge >= 0.3 is 0 Å². The Morgan fingerprint density at radius 3 is 2.86 bits per heavy atom. The lowest BCUT2D eigenvalue weighted by atomic mass is 10.2. The minimum atomic E-state index is -0.163. The normalized spacial score (nSPS) is 13.2. The largest absolute Gasteiger partial charge is 0.326 e. The van der Waals surface area contributed by atoms with E-state index in [2.05, 4.69) is 52.0 Å². The predicted molar refractivity (Wildman–Crippen MR) is 113 cm³/mol.